The molecule has 0 saturated heterocycles. The first-order valence-electron chi connectivity index (χ1n) is 9.02. The van der Waals surface area contributed by atoms with Crippen molar-refractivity contribution in [1.29, 1.82) is 0 Å². The Morgan fingerprint density at radius 2 is 2.11 bits per heavy atom. The number of benzene rings is 1. The largest absolute Gasteiger partial charge is 0.463 e. The van der Waals surface area contributed by atoms with Crippen LogP contribution in [0.15, 0.2) is 51.9 Å². The second kappa shape index (κ2) is 7.16. The molecule has 1 N–H and O–H groups in total. The van der Waals surface area contributed by atoms with Crippen molar-refractivity contribution in [1.82, 2.24) is 19.5 Å². The number of halogens is 1. The fourth-order valence-electron chi connectivity index (χ4n) is 3.28. The van der Waals surface area contributed by atoms with E-state index in [1.54, 1.807) is 41.9 Å². The van der Waals surface area contributed by atoms with Crippen LogP contribution in [0.25, 0.3) is 16.6 Å². The molecule has 0 bridgehead atoms. The summed E-state index contributed by atoms with van der Waals surface area (Å²) in [6.45, 7) is 3.93. The lowest BCUT2D eigenvalue weighted by Gasteiger charge is -2.16. The molecule has 0 fully saturated rings. The van der Waals surface area contributed by atoms with Gasteiger partial charge in [-0.05, 0) is 24.6 Å². The summed E-state index contributed by atoms with van der Waals surface area (Å²) in [6, 6.07) is 9.98. The molecule has 8 heteroatoms. The van der Waals surface area contributed by atoms with Gasteiger partial charge in [0.25, 0.3) is 5.56 Å². The number of furan rings is 1. The summed E-state index contributed by atoms with van der Waals surface area (Å²) in [6.07, 6.45) is 2.18. The van der Waals surface area contributed by atoms with Crippen molar-refractivity contribution in [3.05, 3.63) is 69.4 Å². The maximum absolute atomic E-state index is 13.0. The summed E-state index contributed by atoms with van der Waals surface area (Å²) < 4.78 is 8.44. The highest BCUT2D eigenvalue weighted by Gasteiger charge is 2.22. The molecule has 1 atom stereocenters. The van der Waals surface area contributed by atoms with Crippen LogP contribution in [0, 0.1) is 0 Å². The van der Waals surface area contributed by atoms with Crippen LogP contribution < -0.4 is 10.9 Å². The molecule has 0 aliphatic rings. The van der Waals surface area contributed by atoms with Gasteiger partial charge in [-0.15, -0.1) is 0 Å². The van der Waals surface area contributed by atoms with Crippen LogP contribution in [0.4, 0.5) is 0 Å². The summed E-state index contributed by atoms with van der Waals surface area (Å²) in [5.41, 5.74) is 2.39. The highest BCUT2D eigenvalue weighted by atomic mass is 35.5. The third-order valence-corrected chi connectivity index (χ3v) is 4.98. The minimum atomic E-state index is -0.761. The molecule has 7 nitrogen and oxygen atoms in total. The van der Waals surface area contributed by atoms with E-state index in [0.717, 1.165) is 11.1 Å². The molecule has 0 radical (unpaired) electrons. The van der Waals surface area contributed by atoms with Crippen LogP contribution in [0.5, 0.6) is 0 Å². The van der Waals surface area contributed by atoms with E-state index >= 15 is 0 Å². The van der Waals surface area contributed by atoms with E-state index in [4.69, 9.17) is 16.0 Å². The molecular formula is C20H19ClN4O3. The zero-order valence-corrected chi connectivity index (χ0v) is 16.2. The third-order valence-electron chi connectivity index (χ3n) is 4.75. The zero-order chi connectivity index (χ0) is 19.8. The summed E-state index contributed by atoms with van der Waals surface area (Å²) in [4.78, 5) is 25.6. The van der Waals surface area contributed by atoms with Gasteiger partial charge in [0.15, 0.2) is 5.58 Å². The maximum atomic E-state index is 13.0. The number of fused-ring (bicyclic) bond motifs is 3. The first kappa shape index (κ1) is 18.3. The van der Waals surface area contributed by atoms with Gasteiger partial charge in [0.05, 0.1) is 11.8 Å². The van der Waals surface area contributed by atoms with E-state index in [2.05, 4.69) is 10.4 Å². The van der Waals surface area contributed by atoms with Crippen LogP contribution in [0.3, 0.4) is 0 Å². The standard InChI is InChI=1S/C20H19ClN4O3/c1-3-18-23-25(20(27)16-10-17-15(24(16)18)7-8-28-17)12(2)19(26)22-11-13-5-4-6-14(21)9-13/h4-10,12H,3,11H2,1-2H3,(H,22,26)/t12-/m1/s1. The molecular weight excluding hydrogens is 380 g/mol. The monoisotopic (exact) mass is 398 g/mol. The van der Waals surface area contributed by atoms with Gasteiger partial charge in [-0.25, -0.2) is 4.68 Å². The molecule has 144 valence electrons. The molecule has 0 saturated carbocycles. The Balaban J connectivity index is 1.66. The first-order chi connectivity index (χ1) is 13.5. The smallest absolute Gasteiger partial charge is 0.291 e. The number of aryl methyl sites for hydroxylation is 1. The maximum Gasteiger partial charge on any atom is 0.291 e. The van der Waals surface area contributed by atoms with Gasteiger partial charge < -0.3 is 9.73 Å². The van der Waals surface area contributed by atoms with Gasteiger partial charge in [0.1, 0.15) is 17.4 Å². The molecule has 0 aliphatic heterocycles. The number of carbonyl (C=O) groups is 1. The van der Waals surface area contributed by atoms with Crippen molar-refractivity contribution in [3.8, 4) is 0 Å². The van der Waals surface area contributed by atoms with Crippen LogP contribution in [-0.4, -0.2) is 20.1 Å². The Kier molecular flexibility index (Phi) is 4.68. The van der Waals surface area contributed by atoms with Crippen LogP contribution >= 0.6 is 11.6 Å². The topological polar surface area (TPSA) is 81.5 Å². The zero-order valence-electron chi connectivity index (χ0n) is 15.5. The normalized spacial score (nSPS) is 12.5. The molecule has 28 heavy (non-hydrogen) atoms. The number of nitrogens with zero attached hydrogens (tertiary/aromatic N) is 3. The van der Waals surface area contributed by atoms with Crippen molar-refractivity contribution in [2.75, 3.05) is 0 Å². The lowest BCUT2D eigenvalue weighted by atomic mass is 10.2. The fourth-order valence-corrected chi connectivity index (χ4v) is 3.49. The Labute approximate surface area is 165 Å². The van der Waals surface area contributed by atoms with Crippen LogP contribution in [0.1, 0.15) is 31.3 Å². The second-order valence-corrected chi connectivity index (χ2v) is 7.01. The van der Waals surface area contributed by atoms with Gasteiger partial charge in [0, 0.05) is 30.1 Å². The molecule has 0 aliphatic carbocycles. The molecule has 3 heterocycles. The van der Waals surface area contributed by atoms with Gasteiger partial charge >= 0.3 is 0 Å². The molecule has 4 aromatic rings. The number of nitrogens with one attached hydrogen (secondary N) is 1. The van der Waals surface area contributed by atoms with Crippen LogP contribution in [-0.2, 0) is 17.8 Å². The number of hydrogen-bond donors (Lipinski definition) is 1. The quantitative estimate of drug-likeness (QED) is 0.559. The van der Waals surface area contributed by atoms with E-state index in [0.29, 0.717) is 34.9 Å². The van der Waals surface area contributed by atoms with Gasteiger partial charge in [-0.3, -0.25) is 14.0 Å². The van der Waals surface area contributed by atoms with Crippen molar-refractivity contribution in [2.45, 2.75) is 32.9 Å². The third kappa shape index (κ3) is 3.07. The number of carbonyl (C=O) groups excluding carboxylic acids is 1. The number of amides is 1. The lowest BCUT2D eigenvalue weighted by molar-refractivity contribution is -0.124. The van der Waals surface area contributed by atoms with Crippen molar-refractivity contribution in [2.24, 2.45) is 0 Å². The lowest BCUT2D eigenvalue weighted by Crippen LogP contribution is -2.38. The van der Waals surface area contributed by atoms with E-state index in [9.17, 15) is 9.59 Å². The van der Waals surface area contributed by atoms with E-state index in [1.165, 1.54) is 4.68 Å². The first-order valence-corrected chi connectivity index (χ1v) is 9.40. The average Bonchev–Trinajstić information content (AvgIpc) is 3.28. The van der Waals surface area contributed by atoms with E-state index in [-0.39, 0.29) is 11.5 Å². The molecule has 0 unspecified atom stereocenters. The molecule has 1 aromatic carbocycles. The summed E-state index contributed by atoms with van der Waals surface area (Å²) in [7, 11) is 0. The average molecular weight is 399 g/mol. The Bertz CT molecular complexity index is 1240. The summed E-state index contributed by atoms with van der Waals surface area (Å²) >= 11 is 5.97. The highest BCUT2D eigenvalue weighted by Crippen LogP contribution is 2.21. The predicted octanol–water partition coefficient (Wildman–Crippen LogP) is 3.34. The SMILES string of the molecule is CCc1nn([C@H](C)C(=O)NCc2cccc(Cl)c2)c(=O)c2cc3occc3n12. The van der Waals surface area contributed by atoms with Crippen LogP contribution in [0.2, 0.25) is 5.02 Å². The van der Waals surface area contributed by atoms with Crippen molar-refractivity contribution < 1.29 is 9.21 Å². The van der Waals surface area contributed by atoms with Gasteiger partial charge in [0.2, 0.25) is 5.91 Å². The minimum Gasteiger partial charge on any atom is -0.463 e. The van der Waals surface area contributed by atoms with Gasteiger partial charge in [-0.2, -0.15) is 5.10 Å². The van der Waals surface area contributed by atoms with Crippen molar-refractivity contribution in [3.63, 3.8) is 0 Å². The summed E-state index contributed by atoms with van der Waals surface area (Å²) in [5, 5.41) is 7.90. The van der Waals surface area contributed by atoms with E-state index in [1.807, 2.05) is 19.1 Å². The summed E-state index contributed by atoms with van der Waals surface area (Å²) in [5.74, 6) is 0.386. The molecule has 4 rings (SSSR count). The molecule has 3 aromatic heterocycles. The predicted molar refractivity (Wildman–Crippen MR) is 107 cm³/mol. The van der Waals surface area contributed by atoms with E-state index < -0.39 is 6.04 Å². The highest BCUT2D eigenvalue weighted by molar-refractivity contribution is 6.30. The molecule has 1 amide bonds. The fraction of sp³-hybridized carbons (Fsp3) is 0.250. The van der Waals surface area contributed by atoms with Crippen molar-refractivity contribution >= 4 is 34.1 Å². The number of rotatable bonds is 5. The molecule has 0 spiro atoms. The second-order valence-electron chi connectivity index (χ2n) is 6.58. The number of hydrogen-bond acceptors (Lipinski definition) is 4. The van der Waals surface area contributed by atoms with Gasteiger partial charge in [-0.1, -0.05) is 30.7 Å². The Morgan fingerprint density at radius 1 is 1.29 bits per heavy atom. The number of aromatic nitrogens is 3. The Hall–Kier alpha value is -3.06. The minimum absolute atomic E-state index is 0.295. The Morgan fingerprint density at radius 3 is 2.86 bits per heavy atom.